The number of hydrogen-bond acceptors (Lipinski definition) is 3. The summed E-state index contributed by atoms with van der Waals surface area (Å²) in [7, 11) is 0. The lowest BCUT2D eigenvalue weighted by Crippen LogP contribution is -2.21. The van der Waals surface area contributed by atoms with Crippen LogP contribution in [-0.2, 0) is 12.4 Å². The first-order valence-electron chi connectivity index (χ1n) is 8.55. The van der Waals surface area contributed by atoms with E-state index < -0.39 is 47.4 Å². The standard InChI is InChI=1S/C19H11F8N3O2/c20-17(21)32-13-6-4-11(5-7-13)29-16(31)14-9-28-30(15(14)19(25,26)27)12-3-1-2-10(8-12)18(22,23)24/h1-9,17H,(H,29,31). The van der Waals surface area contributed by atoms with Crippen molar-refractivity contribution in [2.24, 2.45) is 0 Å². The topological polar surface area (TPSA) is 56.1 Å². The van der Waals surface area contributed by atoms with Crippen molar-refractivity contribution < 1.29 is 44.7 Å². The summed E-state index contributed by atoms with van der Waals surface area (Å²) in [5, 5.41) is 5.59. The zero-order valence-corrected chi connectivity index (χ0v) is 15.5. The normalized spacial score (nSPS) is 12.2. The Kier molecular flexibility index (Phi) is 6.10. The highest BCUT2D eigenvalue weighted by Crippen LogP contribution is 2.36. The lowest BCUT2D eigenvalue weighted by atomic mass is 10.1. The molecule has 1 N–H and O–H groups in total. The summed E-state index contributed by atoms with van der Waals surface area (Å²) in [4.78, 5) is 12.4. The van der Waals surface area contributed by atoms with E-state index in [-0.39, 0.29) is 16.1 Å². The number of nitrogens with one attached hydrogen (secondary N) is 1. The molecule has 32 heavy (non-hydrogen) atoms. The second kappa shape index (κ2) is 8.48. The molecule has 0 bridgehead atoms. The van der Waals surface area contributed by atoms with E-state index >= 15 is 0 Å². The number of nitrogens with zero attached hydrogens (tertiary/aromatic N) is 2. The lowest BCUT2D eigenvalue weighted by Gasteiger charge is -2.14. The van der Waals surface area contributed by atoms with Gasteiger partial charge in [-0.1, -0.05) is 6.07 Å². The van der Waals surface area contributed by atoms with Crippen LogP contribution in [-0.4, -0.2) is 22.3 Å². The van der Waals surface area contributed by atoms with Crippen LogP contribution in [0.2, 0.25) is 0 Å². The summed E-state index contributed by atoms with van der Waals surface area (Å²) < 4.78 is 108. The highest BCUT2D eigenvalue weighted by Gasteiger charge is 2.41. The van der Waals surface area contributed by atoms with Crippen molar-refractivity contribution in [1.29, 1.82) is 0 Å². The predicted molar refractivity (Wildman–Crippen MR) is 94.6 cm³/mol. The van der Waals surface area contributed by atoms with Crippen LogP contribution in [0.4, 0.5) is 40.8 Å². The number of ether oxygens (including phenoxy) is 1. The maximum absolute atomic E-state index is 13.7. The average molecular weight is 465 g/mol. The first-order chi connectivity index (χ1) is 14.9. The van der Waals surface area contributed by atoms with Crippen molar-refractivity contribution in [1.82, 2.24) is 9.78 Å². The van der Waals surface area contributed by atoms with Crippen LogP contribution >= 0.6 is 0 Å². The van der Waals surface area contributed by atoms with Gasteiger partial charge in [0.2, 0.25) is 0 Å². The van der Waals surface area contributed by atoms with E-state index in [0.29, 0.717) is 18.3 Å². The van der Waals surface area contributed by atoms with Crippen LogP contribution in [0, 0.1) is 0 Å². The predicted octanol–water partition coefficient (Wildman–Crippen LogP) is 5.76. The fourth-order valence-electron chi connectivity index (χ4n) is 2.72. The highest BCUT2D eigenvalue weighted by atomic mass is 19.4. The lowest BCUT2D eigenvalue weighted by molar-refractivity contribution is -0.143. The van der Waals surface area contributed by atoms with E-state index in [1.807, 2.05) is 0 Å². The van der Waals surface area contributed by atoms with Gasteiger partial charge in [0.15, 0.2) is 5.69 Å². The van der Waals surface area contributed by atoms with Crippen LogP contribution in [0.1, 0.15) is 21.6 Å². The van der Waals surface area contributed by atoms with Gasteiger partial charge >= 0.3 is 19.0 Å². The number of carbonyl (C=O) groups is 1. The fraction of sp³-hybridized carbons (Fsp3) is 0.158. The van der Waals surface area contributed by atoms with Gasteiger partial charge in [-0.3, -0.25) is 4.79 Å². The van der Waals surface area contributed by atoms with Gasteiger partial charge in [0.1, 0.15) is 5.75 Å². The summed E-state index contributed by atoms with van der Waals surface area (Å²) in [6, 6.07) is 7.35. The van der Waals surface area contributed by atoms with Gasteiger partial charge in [-0.2, -0.15) is 40.2 Å². The summed E-state index contributed by atoms with van der Waals surface area (Å²) in [5.74, 6) is -1.51. The Balaban J connectivity index is 1.95. The summed E-state index contributed by atoms with van der Waals surface area (Å²) in [5.41, 5.74) is -4.35. The number of alkyl halides is 8. The Morgan fingerprint density at radius 2 is 1.62 bits per heavy atom. The van der Waals surface area contributed by atoms with Gasteiger partial charge in [-0.15, -0.1) is 0 Å². The summed E-state index contributed by atoms with van der Waals surface area (Å²) >= 11 is 0. The van der Waals surface area contributed by atoms with Gasteiger partial charge in [0.05, 0.1) is 23.0 Å². The Labute approximate surface area is 174 Å². The second-order valence-corrected chi connectivity index (χ2v) is 6.22. The Hall–Kier alpha value is -3.64. The van der Waals surface area contributed by atoms with Crippen molar-refractivity contribution in [2.75, 3.05) is 5.32 Å². The van der Waals surface area contributed by atoms with E-state index in [1.165, 1.54) is 0 Å². The third kappa shape index (κ3) is 5.15. The van der Waals surface area contributed by atoms with Gasteiger partial charge < -0.3 is 10.1 Å². The summed E-state index contributed by atoms with van der Waals surface area (Å²) in [6.07, 6.45) is -9.39. The zero-order valence-electron chi connectivity index (χ0n) is 15.5. The van der Waals surface area contributed by atoms with Crippen molar-refractivity contribution in [2.45, 2.75) is 19.0 Å². The van der Waals surface area contributed by atoms with E-state index in [2.05, 4.69) is 15.2 Å². The smallest absolute Gasteiger partial charge is 0.434 e. The average Bonchev–Trinajstić information content (AvgIpc) is 3.14. The molecule has 3 aromatic rings. The first-order valence-corrected chi connectivity index (χ1v) is 8.55. The SMILES string of the molecule is O=C(Nc1ccc(OC(F)F)cc1)c1cnn(-c2cccc(C(F)(F)F)c2)c1C(F)(F)F. The van der Waals surface area contributed by atoms with Crippen LogP contribution < -0.4 is 10.1 Å². The number of rotatable bonds is 5. The molecule has 5 nitrogen and oxygen atoms in total. The monoisotopic (exact) mass is 465 g/mol. The third-order valence-electron chi connectivity index (χ3n) is 4.04. The molecule has 1 heterocycles. The number of halogens is 8. The summed E-state index contributed by atoms with van der Waals surface area (Å²) in [6.45, 7) is -3.09. The molecule has 13 heteroatoms. The van der Waals surface area contributed by atoms with Crippen LogP contribution in [0.15, 0.2) is 54.7 Å². The van der Waals surface area contributed by atoms with Crippen LogP contribution in [0.5, 0.6) is 5.75 Å². The molecule has 1 amide bonds. The third-order valence-corrected chi connectivity index (χ3v) is 4.04. The van der Waals surface area contributed by atoms with Gasteiger partial charge in [0.25, 0.3) is 5.91 Å². The Bertz CT molecular complexity index is 1100. The molecular formula is C19H11F8N3O2. The second-order valence-electron chi connectivity index (χ2n) is 6.22. The van der Waals surface area contributed by atoms with Gasteiger partial charge in [-0.05, 0) is 42.5 Å². The number of aromatic nitrogens is 2. The number of benzene rings is 2. The molecule has 3 rings (SSSR count). The molecule has 0 unspecified atom stereocenters. The minimum atomic E-state index is -5.15. The number of hydrogen-bond donors (Lipinski definition) is 1. The fourth-order valence-corrected chi connectivity index (χ4v) is 2.72. The molecule has 0 saturated carbocycles. The molecule has 0 saturated heterocycles. The quantitative estimate of drug-likeness (QED) is 0.488. The molecule has 0 fully saturated rings. The molecule has 170 valence electrons. The number of anilines is 1. The van der Waals surface area contributed by atoms with Crippen molar-refractivity contribution in [3.05, 3.63) is 71.5 Å². The Morgan fingerprint density at radius 1 is 0.969 bits per heavy atom. The molecule has 0 spiro atoms. The molecule has 0 aliphatic carbocycles. The van der Waals surface area contributed by atoms with E-state index in [9.17, 15) is 39.9 Å². The minimum absolute atomic E-state index is 0.0449. The largest absolute Gasteiger partial charge is 0.435 e. The molecule has 0 radical (unpaired) electrons. The number of carbonyl (C=O) groups excluding carboxylic acids is 1. The molecule has 1 aromatic heterocycles. The van der Waals surface area contributed by atoms with Crippen LogP contribution in [0.3, 0.4) is 0 Å². The van der Waals surface area contributed by atoms with E-state index in [0.717, 1.165) is 36.4 Å². The maximum Gasteiger partial charge on any atom is 0.434 e. The molecule has 2 aromatic carbocycles. The minimum Gasteiger partial charge on any atom is -0.435 e. The van der Waals surface area contributed by atoms with Crippen molar-refractivity contribution >= 4 is 11.6 Å². The molecular weight excluding hydrogens is 454 g/mol. The van der Waals surface area contributed by atoms with Crippen molar-refractivity contribution in [3.63, 3.8) is 0 Å². The molecule has 0 atom stereocenters. The maximum atomic E-state index is 13.7. The van der Waals surface area contributed by atoms with E-state index in [1.54, 1.807) is 0 Å². The zero-order chi connectivity index (χ0) is 23.7. The molecule has 0 aliphatic heterocycles. The van der Waals surface area contributed by atoms with Crippen LogP contribution in [0.25, 0.3) is 5.69 Å². The van der Waals surface area contributed by atoms with E-state index in [4.69, 9.17) is 0 Å². The van der Waals surface area contributed by atoms with Crippen molar-refractivity contribution in [3.8, 4) is 11.4 Å². The van der Waals surface area contributed by atoms with Gasteiger partial charge in [0, 0.05) is 5.69 Å². The van der Waals surface area contributed by atoms with Gasteiger partial charge in [-0.25, -0.2) is 4.68 Å². The molecule has 0 aliphatic rings. The number of amides is 1. The Morgan fingerprint density at radius 3 is 2.19 bits per heavy atom. The highest BCUT2D eigenvalue weighted by molar-refractivity contribution is 6.05. The first kappa shape index (κ1) is 23.0.